The fourth-order valence-electron chi connectivity index (χ4n) is 4.09. The summed E-state index contributed by atoms with van der Waals surface area (Å²) in [7, 11) is 0. The lowest BCUT2D eigenvalue weighted by Gasteiger charge is -2.26. The molecule has 0 amide bonds. The number of ketones is 1. The second-order valence-electron chi connectivity index (χ2n) is 7.51. The average Bonchev–Trinajstić information content (AvgIpc) is 3.34. The van der Waals surface area contributed by atoms with Gasteiger partial charge in [0.25, 0.3) is 5.01 Å². The molecule has 5 nitrogen and oxygen atoms in total. The zero-order valence-corrected chi connectivity index (χ0v) is 19.6. The van der Waals surface area contributed by atoms with E-state index in [1.54, 1.807) is 23.1 Å². The summed E-state index contributed by atoms with van der Waals surface area (Å²) in [5.74, 6) is 6.18. The average molecular weight is 482 g/mol. The van der Waals surface area contributed by atoms with Crippen molar-refractivity contribution in [2.45, 2.75) is 17.8 Å². The molecular formula is C24H21N2O3S3+. The summed E-state index contributed by atoms with van der Waals surface area (Å²) in [6, 6.07) is 8.01. The van der Waals surface area contributed by atoms with E-state index >= 15 is 0 Å². The van der Waals surface area contributed by atoms with Crippen molar-refractivity contribution in [3.63, 3.8) is 0 Å². The quantitative estimate of drug-likeness (QED) is 0.256. The normalized spacial score (nSPS) is 24.3. The largest absolute Gasteiger partial charge is 0.395 e. The Kier molecular flexibility index (Phi) is 6.01. The molecule has 5 rings (SSSR count). The van der Waals surface area contributed by atoms with Gasteiger partial charge in [-0.25, -0.2) is 0 Å². The minimum absolute atomic E-state index is 0.00791. The van der Waals surface area contributed by atoms with Crippen LogP contribution < -0.4 is 4.57 Å². The number of hydrogen-bond donors (Lipinski definition) is 3. The summed E-state index contributed by atoms with van der Waals surface area (Å²) in [4.78, 5) is 15.8. The number of carbonyl (C=O) groups is 1. The highest BCUT2D eigenvalue weighted by atomic mass is 32.2. The standard InChI is InChI=1S/C24H20N2O3S3/c27-11-9-25-17-5-1-3-7-19(17)31-21(25)13-15-23(29)16(24(15)30)14-22-26(10-12-28)18-6-2-4-8-20(18)32-22/h1,3-5,7-8,13-14,18,20,27-28H,9-12H2/p+1. The van der Waals surface area contributed by atoms with E-state index in [-0.39, 0.29) is 30.3 Å². The molecule has 2 unspecified atom stereocenters. The molecule has 32 heavy (non-hydrogen) atoms. The fourth-order valence-corrected chi connectivity index (χ4v) is 6.86. The Labute approximate surface area is 199 Å². The van der Waals surface area contributed by atoms with Gasteiger partial charge in [-0.15, -0.1) is 12.6 Å². The van der Waals surface area contributed by atoms with E-state index in [9.17, 15) is 15.0 Å². The van der Waals surface area contributed by atoms with Gasteiger partial charge in [0, 0.05) is 34.7 Å². The molecule has 1 aromatic heterocycles. The van der Waals surface area contributed by atoms with Crippen LogP contribution in [0.4, 0.5) is 0 Å². The Balaban J connectivity index is 1.49. The highest BCUT2D eigenvalue weighted by Gasteiger charge is 2.38. The maximum absolute atomic E-state index is 13.0. The van der Waals surface area contributed by atoms with Crippen molar-refractivity contribution in [2.75, 3.05) is 19.8 Å². The molecule has 2 aliphatic carbocycles. The molecule has 162 valence electrons. The Morgan fingerprint density at radius 3 is 2.84 bits per heavy atom. The number of rotatable bonds is 6. The van der Waals surface area contributed by atoms with Crippen molar-refractivity contribution in [2.24, 2.45) is 0 Å². The number of aromatic nitrogens is 1. The number of thiazole rings is 1. The van der Waals surface area contributed by atoms with Crippen LogP contribution in [0.15, 0.2) is 63.6 Å². The Morgan fingerprint density at radius 2 is 2.06 bits per heavy atom. The number of nitrogens with zero attached hydrogens (tertiary/aromatic N) is 2. The molecule has 1 aromatic carbocycles. The molecule has 0 radical (unpaired) electrons. The van der Waals surface area contributed by atoms with Crippen molar-refractivity contribution < 1.29 is 19.6 Å². The van der Waals surface area contributed by atoms with Gasteiger partial charge >= 0.3 is 0 Å². The molecule has 0 bridgehead atoms. The van der Waals surface area contributed by atoms with Crippen LogP contribution in [0, 0.1) is 11.8 Å². The highest BCUT2D eigenvalue weighted by Crippen LogP contribution is 2.44. The predicted octanol–water partition coefficient (Wildman–Crippen LogP) is 2.52. The van der Waals surface area contributed by atoms with Gasteiger partial charge in [-0.3, -0.25) is 4.79 Å². The van der Waals surface area contributed by atoms with Gasteiger partial charge in [0.1, 0.15) is 17.3 Å². The van der Waals surface area contributed by atoms with Crippen LogP contribution in [0.5, 0.6) is 0 Å². The molecule has 0 spiro atoms. The number of Topliss-reactive ketones (excluding diaryl/α,β-unsaturated/α-hetero) is 1. The van der Waals surface area contributed by atoms with E-state index in [0.717, 1.165) is 20.3 Å². The highest BCUT2D eigenvalue weighted by molar-refractivity contribution is 8.04. The van der Waals surface area contributed by atoms with Crippen molar-refractivity contribution >= 4 is 57.8 Å². The topological polar surface area (TPSA) is 64.7 Å². The van der Waals surface area contributed by atoms with Crippen molar-refractivity contribution in [3.05, 3.63) is 68.6 Å². The molecule has 1 aliphatic heterocycles. The lowest BCUT2D eigenvalue weighted by Crippen LogP contribution is -2.37. The summed E-state index contributed by atoms with van der Waals surface area (Å²) in [6.07, 6.45) is 7.68. The number of carbonyl (C=O) groups excluding carboxylic acids is 1. The third kappa shape index (κ3) is 3.64. The second-order valence-corrected chi connectivity index (χ2v) is 10.2. The maximum atomic E-state index is 13.0. The molecule has 1 saturated heterocycles. The van der Waals surface area contributed by atoms with E-state index in [2.05, 4.69) is 35.4 Å². The summed E-state index contributed by atoms with van der Waals surface area (Å²) in [6.45, 7) is 0.977. The van der Waals surface area contributed by atoms with E-state index < -0.39 is 0 Å². The SMILES string of the molecule is O=C1C(/C=C2/SC3C=CC#CC3N2CCO)=C(S)C/1=C\c1sc2ccccc2[n+]1CCO. The van der Waals surface area contributed by atoms with Gasteiger partial charge in [0.15, 0.2) is 12.3 Å². The number of para-hydroxylation sites is 1. The van der Waals surface area contributed by atoms with E-state index in [1.807, 2.05) is 47.1 Å². The van der Waals surface area contributed by atoms with Crippen LogP contribution in [0.1, 0.15) is 5.01 Å². The van der Waals surface area contributed by atoms with Crippen LogP contribution >= 0.6 is 35.7 Å². The van der Waals surface area contributed by atoms with Crippen LogP contribution in [0.25, 0.3) is 16.3 Å². The number of aliphatic hydroxyl groups is 2. The van der Waals surface area contributed by atoms with Crippen molar-refractivity contribution in [3.8, 4) is 11.8 Å². The van der Waals surface area contributed by atoms with E-state index in [1.165, 1.54) is 0 Å². The first-order chi connectivity index (χ1) is 15.6. The third-order valence-electron chi connectivity index (χ3n) is 5.62. The minimum atomic E-state index is -0.0449. The molecule has 0 saturated carbocycles. The maximum Gasteiger partial charge on any atom is 0.263 e. The number of β-amino-alcohol motifs (C(OH)–C–C–N with tert-alkyl or cyclic N) is 1. The zero-order chi connectivity index (χ0) is 22.2. The molecule has 1 fully saturated rings. The van der Waals surface area contributed by atoms with Crippen LogP contribution in [-0.2, 0) is 11.3 Å². The molecule has 2 atom stereocenters. The molecular weight excluding hydrogens is 460 g/mol. The number of aliphatic hydroxyl groups excluding tert-OH is 2. The Bertz CT molecular complexity index is 1290. The van der Waals surface area contributed by atoms with Gasteiger partial charge in [-0.05, 0) is 18.2 Å². The van der Waals surface area contributed by atoms with Crippen molar-refractivity contribution in [1.82, 2.24) is 4.90 Å². The number of hydrogen-bond acceptors (Lipinski definition) is 7. The first-order valence-electron chi connectivity index (χ1n) is 10.3. The molecule has 8 heteroatoms. The molecule has 2 N–H and O–H groups in total. The second kappa shape index (κ2) is 8.93. The Morgan fingerprint density at radius 1 is 1.22 bits per heavy atom. The number of benzene rings is 1. The lowest BCUT2D eigenvalue weighted by atomic mass is 9.89. The first kappa shape index (κ1) is 21.6. The monoisotopic (exact) mass is 481 g/mol. The van der Waals surface area contributed by atoms with Crippen LogP contribution in [-0.4, -0.2) is 51.9 Å². The summed E-state index contributed by atoms with van der Waals surface area (Å²) in [5, 5.41) is 21.1. The molecule has 3 aliphatic rings. The van der Waals surface area contributed by atoms with Gasteiger partial charge in [-0.1, -0.05) is 53.1 Å². The first-order valence-corrected chi connectivity index (χ1v) is 12.4. The predicted molar refractivity (Wildman–Crippen MR) is 132 cm³/mol. The number of thiol groups is 1. The smallest absolute Gasteiger partial charge is 0.263 e. The minimum Gasteiger partial charge on any atom is -0.395 e. The molecule has 2 aromatic rings. The molecule has 2 heterocycles. The number of allylic oxidation sites excluding steroid dienone is 4. The summed E-state index contributed by atoms with van der Waals surface area (Å²) in [5.41, 5.74) is 2.19. The van der Waals surface area contributed by atoms with Crippen LogP contribution in [0.3, 0.4) is 0 Å². The lowest BCUT2D eigenvalue weighted by molar-refractivity contribution is -0.670. The van der Waals surface area contributed by atoms with E-state index in [4.69, 9.17) is 0 Å². The number of fused-ring (bicyclic) bond motifs is 2. The van der Waals surface area contributed by atoms with E-state index in [0.29, 0.717) is 29.1 Å². The summed E-state index contributed by atoms with van der Waals surface area (Å²) >= 11 is 7.89. The third-order valence-corrected chi connectivity index (χ3v) is 8.50. The van der Waals surface area contributed by atoms with Crippen molar-refractivity contribution in [1.29, 1.82) is 0 Å². The van der Waals surface area contributed by atoms with Crippen LogP contribution in [0.2, 0.25) is 0 Å². The van der Waals surface area contributed by atoms with Gasteiger partial charge < -0.3 is 15.1 Å². The van der Waals surface area contributed by atoms with Gasteiger partial charge in [0.2, 0.25) is 5.52 Å². The zero-order valence-electron chi connectivity index (χ0n) is 17.1. The summed E-state index contributed by atoms with van der Waals surface area (Å²) < 4.78 is 3.13. The fraction of sp³-hybridized carbons (Fsp3) is 0.250. The number of thioether (sulfide) groups is 1. The van der Waals surface area contributed by atoms with Gasteiger partial charge in [-0.2, -0.15) is 4.57 Å². The van der Waals surface area contributed by atoms with Gasteiger partial charge in [0.05, 0.1) is 16.9 Å². The Hall–Kier alpha value is -2.28.